The van der Waals surface area contributed by atoms with Crippen LogP contribution in [0, 0.1) is 0 Å². The van der Waals surface area contributed by atoms with E-state index in [-0.39, 0.29) is 70.6 Å². The van der Waals surface area contributed by atoms with E-state index in [9.17, 15) is 25.9 Å². The molecule has 12 heteroatoms. The van der Waals surface area contributed by atoms with E-state index < -0.39 is 20.2 Å². The van der Waals surface area contributed by atoms with Crippen LogP contribution in [0.5, 0.6) is 0 Å². The Kier molecular flexibility index (Phi) is 21.3. The molecule has 0 amide bonds. The van der Waals surface area contributed by atoms with Crippen LogP contribution in [0.3, 0.4) is 0 Å². The summed E-state index contributed by atoms with van der Waals surface area (Å²) in [5.74, 6) is -0.611. The standard InChI is InChI=1S/2C4H11NO3S.2Na/c2*1-5(2)3-4-9(6,7)8;;/h2*3-4H2,1-2H3,(H,6,7,8);;/q;;2*+1/p-2. The van der Waals surface area contributed by atoms with Crippen molar-refractivity contribution >= 4 is 20.2 Å². The Hall–Kier alpha value is 1.74. The van der Waals surface area contributed by atoms with E-state index in [2.05, 4.69) is 0 Å². The van der Waals surface area contributed by atoms with Crippen molar-refractivity contribution < 1.29 is 85.1 Å². The van der Waals surface area contributed by atoms with Gasteiger partial charge in [-0.3, -0.25) is 0 Å². The van der Waals surface area contributed by atoms with Crippen LogP contribution >= 0.6 is 0 Å². The molecule has 0 fully saturated rings. The molecule has 0 saturated carbocycles. The van der Waals surface area contributed by atoms with Crippen molar-refractivity contribution in [2.24, 2.45) is 0 Å². The third-order valence-corrected chi connectivity index (χ3v) is 2.94. The summed E-state index contributed by atoms with van der Waals surface area (Å²) in [5, 5.41) is 0. The maximum absolute atomic E-state index is 9.95. The molecule has 0 unspecified atom stereocenters. The van der Waals surface area contributed by atoms with Gasteiger partial charge in [0, 0.05) is 13.1 Å². The molecule has 0 atom stereocenters. The van der Waals surface area contributed by atoms with Gasteiger partial charge in [-0.1, -0.05) is 0 Å². The topological polar surface area (TPSA) is 121 Å². The molecule has 0 aliphatic heterocycles. The SMILES string of the molecule is CN(C)CCS(=O)(=O)[O-].CN(C)CCS(=O)(=O)[O-].[Na+].[Na+]. The summed E-state index contributed by atoms with van der Waals surface area (Å²) in [5.41, 5.74) is 0. The van der Waals surface area contributed by atoms with E-state index in [1.165, 1.54) is 0 Å². The zero-order valence-electron chi connectivity index (χ0n) is 13.0. The predicted molar refractivity (Wildman–Crippen MR) is 66.2 cm³/mol. The molecule has 0 rings (SSSR count). The van der Waals surface area contributed by atoms with E-state index in [4.69, 9.17) is 0 Å². The summed E-state index contributed by atoms with van der Waals surface area (Å²) in [6, 6.07) is 0. The summed E-state index contributed by atoms with van der Waals surface area (Å²) in [6.07, 6.45) is 0. The van der Waals surface area contributed by atoms with Crippen LogP contribution < -0.4 is 59.1 Å². The fourth-order valence-corrected chi connectivity index (χ4v) is 1.77. The average Bonchev–Trinajstić information content (AvgIpc) is 2.10. The van der Waals surface area contributed by atoms with Gasteiger partial charge in [-0.25, -0.2) is 16.8 Å². The Labute approximate surface area is 166 Å². The second-order valence-corrected chi connectivity index (χ2v) is 7.18. The molecule has 0 bridgehead atoms. The molecule has 20 heavy (non-hydrogen) atoms. The summed E-state index contributed by atoms with van der Waals surface area (Å²) in [6.45, 7) is 0.595. The number of nitrogens with zero attached hydrogens (tertiary/aromatic N) is 2. The summed E-state index contributed by atoms with van der Waals surface area (Å²) >= 11 is 0. The van der Waals surface area contributed by atoms with Gasteiger partial charge in [0.25, 0.3) is 0 Å². The minimum atomic E-state index is -4.01. The van der Waals surface area contributed by atoms with Crippen molar-refractivity contribution in [3.8, 4) is 0 Å². The third kappa shape index (κ3) is 36.7. The van der Waals surface area contributed by atoms with Gasteiger partial charge in [0.05, 0.1) is 31.7 Å². The van der Waals surface area contributed by atoms with E-state index in [1.54, 1.807) is 38.0 Å². The second kappa shape index (κ2) is 14.3. The normalized spacial score (nSPS) is 11.2. The number of hydrogen-bond donors (Lipinski definition) is 0. The molecule has 0 spiro atoms. The van der Waals surface area contributed by atoms with Gasteiger partial charge in [-0.05, 0) is 28.2 Å². The van der Waals surface area contributed by atoms with Gasteiger partial charge in [0.2, 0.25) is 0 Å². The van der Waals surface area contributed by atoms with Gasteiger partial charge in [0.15, 0.2) is 0 Å². The van der Waals surface area contributed by atoms with Gasteiger partial charge < -0.3 is 18.9 Å². The zero-order valence-corrected chi connectivity index (χ0v) is 18.6. The zero-order chi connectivity index (χ0) is 15.0. The van der Waals surface area contributed by atoms with Crippen molar-refractivity contribution in [1.29, 1.82) is 0 Å². The monoisotopic (exact) mass is 350 g/mol. The Morgan fingerprint density at radius 1 is 0.700 bits per heavy atom. The fraction of sp³-hybridized carbons (Fsp3) is 1.00. The Morgan fingerprint density at radius 2 is 0.900 bits per heavy atom. The largest absolute Gasteiger partial charge is 1.00 e. The molecule has 0 N–H and O–H groups in total. The van der Waals surface area contributed by atoms with E-state index in [0.29, 0.717) is 13.1 Å². The van der Waals surface area contributed by atoms with Gasteiger partial charge >= 0.3 is 59.1 Å². The minimum Gasteiger partial charge on any atom is -0.748 e. The average molecular weight is 350 g/mol. The first-order valence-corrected chi connectivity index (χ1v) is 8.15. The molecule has 0 heterocycles. The predicted octanol–water partition coefficient (Wildman–Crippen LogP) is -7.81. The summed E-state index contributed by atoms with van der Waals surface area (Å²) in [7, 11) is -1.17. The molecule has 0 aliphatic carbocycles. The van der Waals surface area contributed by atoms with Crippen molar-refractivity contribution in [3.05, 3.63) is 0 Å². The van der Waals surface area contributed by atoms with Crippen LogP contribution in [0.15, 0.2) is 0 Å². The van der Waals surface area contributed by atoms with Crippen LogP contribution in [0.2, 0.25) is 0 Å². The first kappa shape index (κ1) is 29.7. The summed E-state index contributed by atoms with van der Waals surface area (Å²) < 4.78 is 59.7. The first-order chi connectivity index (χ1) is 7.83. The number of hydrogen-bond acceptors (Lipinski definition) is 8. The second-order valence-electron chi connectivity index (χ2n) is 4.13. The van der Waals surface area contributed by atoms with Crippen LogP contribution in [0.25, 0.3) is 0 Å². The molecule has 0 aliphatic rings. The van der Waals surface area contributed by atoms with Crippen molar-refractivity contribution in [3.63, 3.8) is 0 Å². The Bertz CT molecular complexity index is 371. The van der Waals surface area contributed by atoms with E-state index in [1.807, 2.05) is 0 Å². The molecule has 112 valence electrons. The molecule has 0 aromatic carbocycles. The third-order valence-electron chi connectivity index (χ3n) is 1.58. The molecule has 8 nitrogen and oxygen atoms in total. The van der Waals surface area contributed by atoms with Crippen molar-refractivity contribution in [1.82, 2.24) is 9.80 Å². The molecular formula is C8H20N2Na2O6S2. The molecule has 0 saturated heterocycles. The molecule has 0 radical (unpaired) electrons. The van der Waals surface area contributed by atoms with Crippen LogP contribution in [-0.2, 0) is 20.2 Å². The minimum absolute atomic E-state index is 0. The van der Waals surface area contributed by atoms with Gasteiger partial charge in [-0.2, -0.15) is 0 Å². The fourth-order valence-electron chi connectivity index (χ4n) is 0.589. The maximum atomic E-state index is 9.95. The Balaban J connectivity index is -0.000000116. The van der Waals surface area contributed by atoms with Gasteiger partial charge in [-0.15, -0.1) is 0 Å². The molecular weight excluding hydrogens is 330 g/mol. The summed E-state index contributed by atoms with van der Waals surface area (Å²) in [4.78, 5) is 3.30. The van der Waals surface area contributed by atoms with Crippen LogP contribution in [0.4, 0.5) is 0 Å². The smallest absolute Gasteiger partial charge is 0.748 e. The molecule has 0 aromatic heterocycles. The van der Waals surface area contributed by atoms with Crippen LogP contribution in [-0.4, -0.2) is 88.5 Å². The van der Waals surface area contributed by atoms with Crippen molar-refractivity contribution in [2.75, 3.05) is 52.8 Å². The van der Waals surface area contributed by atoms with Crippen LogP contribution in [0.1, 0.15) is 0 Å². The maximum Gasteiger partial charge on any atom is 1.00 e. The Morgan fingerprint density at radius 3 is 0.950 bits per heavy atom. The van der Waals surface area contributed by atoms with Crippen molar-refractivity contribution in [2.45, 2.75) is 0 Å². The quantitative estimate of drug-likeness (QED) is 0.342. The number of rotatable bonds is 6. The van der Waals surface area contributed by atoms with Gasteiger partial charge in [0.1, 0.15) is 0 Å². The van der Waals surface area contributed by atoms with E-state index in [0.717, 1.165) is 0 Å². The molecule has 0 aromatic rings. The van der Waals surface area contributed by atoms with E-state index >= 15 is 0 Å². The first-order valence-electron chi connectivity index (χ1n) is 5.00.